The molecular formula is C11H18N2O4. The highest BCUT2D eigenvalue weighted by Gasteiger charge is 2.39. The molecule has 2 N–H and O–H groups in total. The van der Waals surface area contributed by atoms with E-state index >= 15 is 0 Å². The molecule has 17 heavy (non-hydrogen) atoms. The van der Waals surface area contributed by atoms with Gasteiger partial charge in [0.25, 0.3) is 0 Å². The maximum absolute atomic E-state index is 12.0. The molecule has 1 aliphatic rings. The van der Waals surface area contributed by atoms with E-state index in [4.69, 9.17) is 5.11 Å². The molecule has 0 aromatic carbocycles. The molecule has 6 nitrogen and oxygen atoms in total. The Morgan fingerprint density at radius 3 is 2.59 bits per heavy atom. The molecule has 0 spiro atoms. The fourth-order valence-corrected chi connectivity index (χ4v) is 1.95. The van der Waals surface area contributed by atoms with Crippen LogP contribution in [0.2, 0.25) is 0 Å². The minimum atomic E-state index is -1.08. The number of carboxylic acid groups (broad SMARTS) is 1. The number of likely N-dealkylation sites (tertiary alicyclic amines) is 1. The minimum absolute atomic E-state index is 0.0658. The lowest BCUT2D eigenvalue weighted by Crippen LogP contribution is -2.47. The van der Waals surface area contributed by atoms with Crippen molar-refractivity contribution in [2.75, 3.05) is 20.1 Å². The van der Waals surface area contributed by atoms with E-state index in [2.05, 4.69) is 6.58 Å². The predicted octanol–water partition coefficient (Wildman–Crippen LogP) is 0.134. The summed E-state index contributed by atoms with van der Waals surface area (Å²) in [5.74, 6) is -1.08. The number of aliphatic hydroxyl groups is 1. The molecule has 0 saturated carbocycles. The number of aliphatic carboxylic acids is 1. The number of rotatable bonds is 3. The molecule has 0 aliphatic carbocycles. The Morgan fingerprint density at radius 2 is 2.12 bits per heavy atom. The van der Waals surface area contributed by atoms with Crippen molar-refractivity contribution in [2.45, 2.75) is 25.5 Å². The molecule has 1 fully saturated rings. The molecule has 1 saturated heterocycles. The van der Waals surface area contributed by atoms with Crippen LogP contribution in [0.3, 0.4) is 0 Å². The number of urea groups is 1. The number of likely N-dealkylation sites (N-methyl/N-ethyl adjacent to an activating group) is 1. The summed E-state index contributed by atoms with van der Waals surface area (Å²) < 4.78 is 0. The molecule has 0 aromatic heterocycles. The molecule has 1 aliphatic heterocycles. The van der Waals surface area contributed by atoms with Gasteiger partial charge in [-0.25, -0.2) is 9.59 Å². The summed E-state index contributed by atoms with van der Waals surface area (Å²) >= 11 is 0. The first-order valence-corrected chi connectivity index (χ1v) is 5.40. The van der Waals surface area contributed by atoms with E-state index in [0.717, 1.165) is 5.57 Å². The highest BCUT2D eigenvalue weighted by atomic mass is 16.4. The van der Waals surface area contributed by atoms with Crippen LogP contribution in [0.4, 0.5) is 4.79 Å². The van der Waals surface area contributed by atoms with Crippen molar-refractivity contribution in [3.05, 3.63) is 12.2 Å². The van der Waals surface area contributed by atoms with E-state index in [1.54, 1.807) is 14.0 Å². The number of amides is 2. The maximum Gasteiger partial charge on any atom is 0.326 e. The zero-order valence-electron chi connectivity index (χ0n) is 10.1. The highest BCUT2D eigenvalue weighted by Crippen LogP contribution is 2.19. The third-order valence-electron chi connectivity index (χ3n) is 2.64. The molecule has 2 atom stereocenters. The molecule has 0 bridgehead atoms. The number of carbonyl (C=O) groups is 2. The van der Waals surface area contributed by atoms with Crippen molar-refractivity contribution in [3.63, 3.8) is 0 Å². The first-order chi connectivity index (χ1) is 7.82. The quantitative estimate of drug-likeness (QED) is 0.689. The van der Waals surface area contributed by atoms with Crippen molar-refractivity contribution in [3.8, 4) is 0 Å². The SMILES string of the molecule is C=C(C)CN(C)C(=O)N1C[C@H](O)C[C@@H]1C(=O)O. The normalized spacial score (nSPS) is 23.6. The summed E-state index contributed by atoms with van der Waals surface area (Å²) in [5, 5.41) is 18.4. The van der Waals surface area contributed by atoms with Gasteiger partial charge in [0.05, 0.1) is 6.10 Å². The van der Waals surface area contributed by atoms with Gasteiger partial charge in [-0.3, -0.25) is 0 Å². The van der Waals surface area contributed by atoms with Crippen LogP contribution >= 0.6 is 0 Å². The Morgan fingerprint density at radius 1 is 1.53 bits per heavy atom. The maximum atomic E-state index is 12.0. The van der Waals surface area contributed by atoms with Crippen LogP contribution in [0.5, 0.6) is 0 Å². The highest BCUT2D eigenvalue weighted by molar-refractivity contribution is 5.83. The van der Waals surface area contributed by atoms with Gasteiger partial charge >= 0.3 is 12.0 Å². The van der Waals surface area contributed by atoms with Gasteiger partial charge in [-0.2, -0.15) is 0 Å². The van der Waals surface area contributed by atoms with E-state index in [0.29, 0.717) is 6.54 Å². The molecule has 6 heteroatoms. The second-order valence-corrected chi connectivity index (χ2v) is 4.49. The molecule has 1 rings (SSSR count). The minimum Gasteiger partial charge on any atom is -0.480 e. The average molecular weight is 242 g/mol. The summed E-state index contributed by atoms with van der Waals surface area (Å²) in [6.45, 7) is 5.92. The van der Waals surface area contributed by atoms with Gasteiger partial charge in [-0.05, 0) is 6.92 Å². The van der Waals surface area contributed by atoms with E-state index in [1.165, 1.54) is 9.80 Å². The van der Waals surface area contributed by atoms with Gasteiger partial charge in [0, 0.05) is 26.6 Å². The van der Waals surface area contributed by atoms with Crippen LogP contribution in [0.15, 0.2) is 12.2 Å². The van der Waals surface area contributed by atoms with Crippen molar-refractivity contribution < 1.29 is 19.8 Å². The number of hydrogen-bond acceptors (Lipinski definition) is 3. The van der Waals surface area contributed by atoms with Gasteiger partial charge in [0.15, 0.2) is 0 Å². The number of hydrogen-bond donors (Lipinski definition) is 2. The fourth-order valence-electron chi connectivity index (χ4n) is 1.95. The third kappa shape index (κ3) is 3.20. The lowest BCUT2D eigenvalue weighted by molar-refractivity contribution is -0.141. The zero-order valence-corrected chi connectivity index (χ0v) is 10.1. The Balaban J connectivity index is 2.73. The predicted molar refractivity (Wildman–Crippen MR) is 61.6 cm³/mol. The Kier molecular flexibility index (Phi) is 4.11. The molecule has 96 valence electrons. The topological polar surface area (TPSA) is 81.1 Å². The lowest BCUT2D eigenvalue weighted by atomic mass is 10.2. The van der Waals surface area contributed by atoms with Crippen LogP contribution in [-0.2, 0) is 4.79 Å². The number of carboxylic acids is 1. The van der Waals surface area contributed by atoms with Crippen LogP contribution < -0.4 is 0 Å². The van der Waals surface area contributed by atoms with E-state index < -0.39 is 24.1 Å². The number of nitrogens with zero attached hydrogens (tertiary/aromatic N) is 2. The van der Waals surface area contributed by atoms with Gasteiger partial charge in [-0.1, -0.05) is 12.2 Å². The second-order valence-electron chi connectivity index (χ2n) is 4.49. The van der Waals surface area contributed by atoms with Crippen molar-refractivity contribution >= 4 is 12.0 Å². The number of β-amino-alcohol motifs (C(OH)–C–C–N with tert-alkyl or cyclic N) is 1. The van der Waals surface area contributed by atoms with Gasteiger partial charge in [-0.15, -0.1) is 0 Å². The molecule has 0 aromatic rings. The Labute approximate surface area is 100 Å². The van der Waals surface area contributed by atoms with Crippen molar-refractivity contribution in [2.24, 2.45) is 0 Å². The molecule has 1 heterocycles. The van der Waals surface area contributed by atoms with Crippen LogP contribution in [0.1, 0.15) is 13.3 Å². The van der Waals surface area contributed by atoms with E-state index in [-0.39, 0.29) is 13.0 Å². The summed E-state index contributed by atoms with van der Waals surface area (Å²) in [4.78, 5) is 25.5. The Bertz CT molecular complexity index is 342. The first-order valence-electron chi connectivity index (χ1n) is 5.40. The smallest absolute Gasteiger partial charge is 0.326 e. The van der Waals surface area contributed by atoms with Gasteiger partial charge in [0.1, 0.15) is 6.04 Å². The van der Waals surface area contributed by atoms with Crippen LogP contribution in [0, 0.1) is 0 Å². The third-order valence-corrected chi connectivity index (χ3v) is 2.64. The summed E-state index contributed by atoms with van der Waals surface area (Å²) in [6.07, 6.45) is -0.680. The van der Waals surface area contributed by atoms with Crippen LogP contribution in [-0.4, -0.2) is 64.3 Å². The monoisotopic (exact) mass is 242 g/mol. The van der Waals surface area contributed by atoms with E-state index in [1.807, 2.05) is 0 Å². The standard InChI is InChI=1S/C11H18N2O4/c1-7(2)5-12(3)11(17)13-6-8(14)4-9(13)10(15)16/h8-9,14H,1,4-6H2,2-3H3,(H,15,16)/t8-,9-/m1/s1. The van der Waals surface area contributed by atoms with Crippen LogP contribution in [0.25, 0.3) is 0 Å². The Hall–Kier alpha value is -1.56. The largest absolute Gasteiger partial charge is 0.480 e. The van der Waals surface area contributed by atoms with Gasteiger partial charge < -0.3 is 20.0 Å². The fraction of sp³-hybridized carbons (Fsp3) is 0.636. The van der Waals surface area contributed by atoms with E-state index in [9.17, 15) is 14.7 Å². The zero-order chi connectivity index (χ0) is 13.2. The molecule has 0 unspecified atom stereocenters. The average Bonchev–Trinajstić information content (AvgIpc) is 2.58. The van der Waals surface area contributed by atoms with Gasteiger partial charge in [0.2, 0.25) is 0 Å². The van der Waals surface area contributed by atoms with Crippen molar-refractivity contribution in [1.82, 2.24) is 9.80 Å². The lowest BCUT2D eigenvalue weighted by Gasteiger charge is -2.27. The van der Waals surface area contributed by atoms with Crippen molar-refractivity contribution in [1.29, 1.82) is 0 Å². The number of carbonyl (C=O) groups excluding carboxylic acids is 1. The summed E-state index contributed by atoms with van der Waals surface area (Å²) in [7, 11) is 1.58. The summed E-state index contributed by atoms with van der Waals surface area (Å²) in [5.41, 5.74) is 0.812. The first kappa shape index (κ1) is 13.5. The molecule has 0 radical (unpaired) electrons. The summed E-state index contributed by atoms with van der Waals surface area (Å²) in [6, 6.07) is -1.33. The number of aliphatic hydroxyl groups excluding tert-OH is 1. The molecule has 2 amide bonds. The molecular weight excluding hydrogens is 224 g/mol. The second kappa shape index (κ2) is 5.18.